The molecule has 1 aromatic carbocycles. The first kappa shape index (κ1) is 11.9. The summed E-state index contributed by atoms with van der Waals surface area (Å²) in [6.45, 7) is 4.89. The molecular weight excluding hydrogens is 266 g/mol. The zero-order valence-electron chi connectivity index (χ0n) is 9.79. The van der Waals surface area contributed by atoms with Crippen molar-refractivity contribution in [3.05, 3.63) is 27.7 Å². The van der Waals surface area contributed by atoms with Crippen LogP contribution < -0.4 is 10.5 Å². The molecule has 2 rings (SSSR count). The summed E-state index contributed by atoms with van der Waals surface area (Å²) in [5, 5.41) is 0. The predicted octanol–water partition coefficient (Wildman–Crippen LogP) is 3.36. The van der Waals surface area contributed by atoms with Crippen LogP contribution in [0.2, 0.25) is 0 Å². The lowest BCUT2D eigenvalue weighted by molar-refractivity contribution is 0.296. The molecule has 2 N–H and O–H groups in total. The standard InChI is InChI=1S/C13H18BrNO/c1-8-5-11(9(2)7-15)13(12(14)6-8)16-10-3-4-10/h5-6,9-10H,3-4,7,15H2,1-2H3. The number of rotatable bonds is 4. The van der Waals surface area contributed by atoms with E-state index in [1.807, 2.05) is 0 Å². The molecule has 0 bridgehead atoms. The van der Waals surface area contributed by atoms with Gasteiger partial charge in [-0.1, -0.05) is 13.0 Å². The van der Waals surface area contributed by atoms with Gasteiger partial charge in [-0.3, -0.25) is 0 Å². The van der Waals surface area contributed by atoms with Crippen molar-refractivity contribution in [2.45, 2.75) is 38.7 Å². The Morgan fingerprint density at radius 3 is 2.75 bits per heavy atom. The Balaban J connectivity index is 2.36. The van der Waals surface area contributed by atoms with E-state index >= 15 is 0 Å². The summed E-state index contributed by atoms with van der Waals surface area (Å²) in [5.74, 6) is 1.33. The van der Waals surface area contributed by atoms with Gasteiger partial charge in [-0.15, -0.1) is 0 Å². The summed E-state index contributed by atoms with van der Waals surface area (Å²) in [6.07, 6.45) is 2.77. The first-order valence-electron chi connectivity index (χ1n) is 5.78. The van der Waals surface area contributed by atoms with E-state index < -0.39 is 0 Å². The third kappa shape index (κ3) is 2.58. The number of hydrogen-bond acceptors (Lipinski definition) is 2. The Labute approximate surface area is 105 Å². The molecule has 0 aromatic heterocycles. The van der Waals surface area contributed by atoms with Gasteiger partial charge in [-0.25, -0.2) is 0 Å². The number of hydrogen-bond donors (Lipinski definition) is 1. The van der Waals surface area contributed by atoms with E-state index in [-0.39, 0.29) is 0 Å². The van der Waals surface area contributed by atoms with Crippen LogP contribution in [0.3, 0.4) is 0 Å². The Bertz CT molecular complexity index is 388. The van der Waals surface area contributed by atoms with E-state index in [9.17, 15) is 0 Å². The fourth-order valence-corrected chi connectivity index (χ4v) is 2.41. The molecule has 0 amide bonds. The van der Waals surface area contributed by atoms with E-state index in [1.54, 1.807) is 0 Å². The minimum atomic E-state index is 0.338. The normalized spacial score (nSPS) is 17.2. The highest BCUT2D eigenvalue weighted by molar-refractivity contribution is 9.10. The van der Waals surface area contributed by atoms with Crippen molar-refractivity contribution in [1.29, 1.82) is 0 Å². The maximum Gasteiger partial charge on any atom is 0.137 e. The number of halogens is 1. The Morgan fingerprint density at radius 1 is 1.50 bits per heavy atom. The molecule has 2 nitrogen and oxygen atoms in total. The lowest BCUT2D eigenvalue weighted by atomic mass is 9.98. The average molecular weight is 284 g/mol. The van der Waals surface area contributed by atoms with Crippen molar-refractivity contribution in [3.8, 4) is 5.75 Å². The van der Waals surface area contributed by atoms with Crippen molar-refractivity contribution in [3.63, 3.8) is 0 Å². The number of benzene rings is 1. The van der Waals surface area contributed by atoms with Crippen molar-refractivity contribution in [2.24, 2.45) is 5.73 Å². The summed E-state index contributed by atoms with van der Waals surface area (Å²) >= 11 is 3.59. The third-order valence-electron chi connectivity index (χ3n) is 2.91. The first-order valence-corrected chi connectivity index (χ1v) is 6.58. The van der Waals surface area contributed by atoms with Crippen LogP contribution in [-0.4, -0.2) is 12.6 Å². The number of aryl methyl sites for hydroxylation is 1. The van der Waals surface area contributed by atoms with Gasteiger partial charge >= 0.3 is 0 Å². The molecule has 1 aliphatic rings. The third-order valence-corrected chi connectivity index (χ3v) is 3.50. The molecule has 0 saturated heterocycles. The van der Waals surface area contributed by atoms with Gasteiger partial charge in [0.25, 0.3) is 0 Å². The fraction of sp³-hybridized carbons (Fsp3) is 0.538. The largest absolute Gasteiger partial charge is 0.489 e. The maximum absolute atomic E-state index is 5.96. The molecule has 3 heteroatoms. The second-order valence-electron chi connectivity index (χ2n) is 4.62. The minimum Gasteiger partial charge on any atom is -0.489 e. The highest BCUT2D eigenvalue weighted by atomic mass is 79.9. The van der Waals surface area contributed by atoms with Crippen LogP contribution in [0.25, 0.3) is 0 Å². The van der Waals surface area contributed by atoms with Gasteiger partial charge in [-0.2, -0.15) is 0 Å². The van der Waals surface area contributed by atoms with E-state index in [4.69, 9.17) is 10.5 Å². The van der Waals surface area contributed by atoms with Gasteiger partial charge < -0.3 is 10.5 Å². The van der Waals surface area contributed by atoms with E-state index in [2.05, 4.69) is 41.9 Å². The molecule has 1 saturated carbocycles. The van der Waals surface area contributed by atoms with Crippen LogP contribution in [0.4, 0.5) is 0 Å². The Morgan fingerprint density at radius 2 is 2.19 bits per heavy atom. The molecular formula is C13H18BrNO. The zero-order chi connectivity index (χ0) is 11.7. The molecule has 0 aliphatic heterocycles. The van der Waals surface area contributed by atoms with Gasteiger partial charge in [0, 0.05) is 0 Å². The lowest BCUT2D eigenvalue weighted by Crippen LogP contribution is -2.11. The smallest absolute Gasteiger partial charge is 0.137 e. The summed E-state index contributed by atoms with van der Waals surface area (Å²) in [5.41, 5.74) is 8.21. The summed E-state index contributed by atoms with van der Waals surface area (Å²) < 4.78 is 7.01. The molecule has 1 aromatic rings. The molecule has 1 atom stereocenters. The summed E-state index contributed by atoms with van der Waals surface area (Å²) in [7, 11) is 0. The zero-order valence-corrected chi connectivity index (χ0v) is 11.4. The van der Waals surface area contributed by atoms with Crippen LogP contribution in [0.1, 0.15) is 36.8 Å². The summed E-state index contributed by atoms with van der Waals surface area (Å²) in [4.78, 5) is 0. The molecule has 1 fully saturated rings. The van der Waals surface area contributed by atoms with E-state index in [1.165, 1.54) is 24.0 Å². The Kier molecular flexibility index (Phi) is 3.55. The van der Waals surface area contributed by atoms with Crippen molar-refractivity contribution in [2.75, 3.05) is 6.54 Å². The molecule has 1 unspecified atom stereocenters. The van der Waals surface area contributed by atoms with Crippen LogP contribution >= 0.6 is 15.9 Å². The fourth-order valence-electron chi connectivity index (χ4n) is 1.73. The predicted molar refractivity (Wildman–Crippen MR) is 70.0 cm³/mol. The first-order chi connectivity index (χ1) is 7.61. The van der Waals surface area contributed by atoms with Crippen molar-refractivity contribution < 1.29 is 4.74 Å². The van der Waals surface area contributed by atoms with Gasteiger partial charge in [0.05, 0.1) is 10.6 Å². The second kappa shape index (κ2) is 4.76. The molecule has 0 spiro atoms. The number of ether oxygens (including phenoxy) is 1. The molecule has 0 radical (unpaired) electrons. The van der Waals surface area contributed by atoms with E-state index in [0.717, 1.165) is 10.2 Å². The van der Waals surface area contributed by atoms with Crippen molar-refractivity contribution in [1.82, 2.24) is 0 Å². The van der Waals surface area contributed by atoms with Crippen LogP contribution in [-0.2, 0) is 0 Å². The minimum absolute atomic E-state index is 0.338. The van der Waals surface area contributed by atoms with Gasteiger partial charge in [-0.05, 0) is 65.4 Å². The lowest BCUT2D eigenvalue weighted by Gasteiger charge is -2.18. The quantitative estimate of drug-likeness (QED) is 0.920. The highest BCUT2D eigenvalue weighted by Crippen LogP contribution is 2.38. The molecule has 88 valence electrons. The highest BCUT2D eigenvalue weighted by Gasteiger charge is 2.26. The van der Waals surface area contributed by atoms with Crippen LogP contribution in [0.15, 0.2) is 16.6 Å². The van der Waals surface area contributed by atoms with E-state index in [0.29, 0.717) is 18.6 Å². The van der Waals surface area contributed by atoms with Crippen LogP contribution in [0.5, 0.6) is 5.75 Å². The number of nitrogens with two attached hydrogens (primary N) is 1. The van der Waals surface area contributed by atoms with Crippen LogP contribution in [0, 0.1) is 6.92 Å². The summed E-state index contributed by atoms with van der Waals surface area (Å²) in [6, 6.07) is 4.28. The van der Waals surface area contributed by atoms with Crippen molar-refractivity contribution >= 4 is 15.9 Å². The van der Waals surface area contributed by atoms with Gasteiger partial charge in [0.1, 0.15) is 5.75 Å². The second-order valence-corrected chi connectivity index (χ2v) is 5.47. The topological polar surface area (TPSA) is 35.2 Å². The van der Waals surface area contributed by atoms with Gasteiger partial charge in [0.2, 0.25) is 0 Å². The monoisotopic (exact) mass is 283 g/mol. The maximum atomic E-state index is 5.96. The molecule has 0 heterocycles. The average Bonchev–Trinajstić information content (AvgIpc) is 3.04. The SMILES string of the molecule is Cc1cc(Br)c(OC2CC2)c(C(C)CN)c1. The Hall–Kier alpha value is -0.540. The molecule has 16 heavy (non-hydrogen) atoms. The molecule has 1 aliphatic carbocycles. The van der Waals surface area contributed by atoms with Gasteiger partial charge in [0.15, 0.2) is 0 Å².